The Hall–Kier alpha value is -2.87. The molecule has 3 heterocycles. The SMILES string of the molecule is O=C(c1cc(-c2ccco2)[nH]n1)N1CCN(C(=O)c2ccccc2Br)CC1. The van der Waals surface area contributed by atoms with Crippen molar-refractivity contribution in [2.45, 2.75) is 0 Å². The Balaban J connectivity index is 1.40. The smallest absolute Gasteiger partial charge is 0.274 e. The number of benzene rings is 1. The van der Waals surface area contributed by atoms with Crippen LogP contribution in [0.3, 0.4) is 0 Å². The molecule has 1 saturated heterocycles. The molecule has 0 bridgehead atoms. The third kappa shape index (κ3) is 3.52. The maximum Gasteiger partial charge on any atom is 0.274 e. The van der Waals surface area contributed by atoms with Crippen LogP contribution in [0.5, 0.6) is 0 Å². The van der Waals surface area contributed by atoms with Crippen LogP contribution in [0.1, 0.15) is 20.8 Å². The lowest BCUT2D eigenvalue weighted by atomic mass is 10.1. The molecule has 27 heavy (non-hydrogen) atoms. The highest BCUT2D eigenvalue weighted by Gasteiger charge is 2.27. The maximum absolute atomic E-state index is 12.7. The van der Waals surface area contributed by atoms with Gasteiger partial charge in [-0.1, -0.05) is 12.1 Å². The molecule has 4 rings (SSSR count). The zero-order valence-electron chi connectivity index (χ0n) is 14.4. The molecule has 1 aliphatic rings. The fourth-order valence-electron chi connectivity index (χ4n) is 3.07. The zero-order chi connectivity index (χ0) is 18.8. The first-order valence-electron chi connectivity index (χ1n) is 8.56. The highest BCUT2D eigenvalue weighted by Crippen LogP contribution is 2.21. The Morgan fingerprint density at radius 2 is 1.70 bits per heavy atom. The summed E-state index contributed by atoms with van der Waals surface area (Å²) in [5, 5.41) is 6.92. The molecule has 1 aliphatic heterocycles. The summed E-state index contributed by atoms with van der Waals surface area (Å²) >= 11 is 3.42. The number of hydrogen-bond donors (Lipinski definition) is 1. The number of carbonyl (C=O) groups excluding carboxylic acids is 2. The van der Waals surface area contributed by atoms with Gasteiger partial charge in [0.1, 0.15) is 5.69 Å². The Morgan fingerprint density at radius 3 is 2.37 bits per heavy atom. The van der Waals surface area contributed by atoms with Gasteiger partial charge in [0.2, 0.25) is 0 Å². The van der Waals surface area contributed by atoms with Crippen LogP contribution in [0, 0.1) is 0 Å². The number of amides is 2. The number of hydrogen-bond acceptors (Lipinski definition) is 4. The molecule has 8 heteroatoms. The number of nitrogens with zero attached hydrogens (tertiary/aromatic N) is 3. The van der Waals surface area contributed by atoms with E-state index in [-0.39, 0.29) is 11.8 Å². The van der Waals surface area contributed by atoms with E-state index in [1.54, 1.807) is 40.3 Å². The minimum Gasteiger partial charge on any atom is -0.463 e. The van der Waals surface area contributed by atoms with Gasteiger partial charge in [-0.2, -0.15) is 5.10 Å². The molecule has 1 fully saturated rings. The molecule has 1 N–H and O–H groups in total. The zero-order valence-corrected chi connectivity index (χ0v) is 16.0. The average Bonchev–Trinajstić information content (AvgIpc) is 3.39. The van der Waals surface area contributed by atoms with Gasteiger partial charge in [-0.25, -0.2) is 0 Å². The van der Waals surface area contributed by atoms with Gasteiger partial charge >= 0.3 is 0 Å². The molecular weight excluding hydrogens is 412 g/mol. The summed E-state index contributed by atoms with van der Waals surface area (Å²) in [5.74, 6) is 0.442. The molecule has 1 aromatic carbocycles. The van der Waals surface area contributed by atoms with Crippen molar-refractivity contribution in [2.75, 3.05) is 26.2 Å². The molecule has 0 unspecified atom stereocenters. The largest absolute Gasteiger partial charge is 0.463 e. The van der Waals surface area contributed by atoms with Crippen molar-refractivity contribution in [3.63, 3.8) is 0 Å². The van der Waals surface area contributed by atoms with E-state index in [4.69, 9.17) is 4.42 Å². The van der Waals surface area contributed by atoms with E-state index in [1.807, 2.05) is 18.2 Å². The van der Waals surface area contributed by atoms with E-state index in [0.717, 1.165) is 4.47 Å². The highest BCUT2D eigenvalue weighted by molar-refractivity contribution is 9.10. The first-order chi connectivity index (χ1) is 13.1. The van der Waals surface area contributed by atoms with Crippen LogP contribution in [-0.2, 0) is 0 Å². The van der Waals surface area contributed by atoms with Gasteiger partial charge in [0.15, 0.2) is 11.5 Å². The third-order valence-corrected chi connectivity index (χ3v) is 5.23. The van der Waals surface area contributed by atoms with Crippen molar-refractivity contribution in [3.05, 3.63) is 64.5 Å². The van der Waals surface area contributed by atoms with Gasteiger partial charge in [-0.3, -0.25) is 14.7 Å². The molecule has 2 aromatic heterocycles. The molecule has 0 spiro atoms. The summed E-state index contributed by atoms with van der Waals surface area (Å²) in [5.41, 5.74) is 1.63. The molecule has 0 saturated carbocycles. The Bertz CT molecular complexity index is 959. The van der Waals surface area contributed by atoms with Crippen LogP contribution in [0.4, 0.5) is 0 Å². The predicted octanol–water partition coefficient (Wildman–Crippen LogP) is 3.03. The monoisotopic (exact) mass is 428 g/mol. The number of halogens is 1. The van der Waals surface area contributed by atoms with Crippen LogP contribution in [0.15, 0.2) is 57.6 Å². The second-order valence-electron chi connectivity index (χ2n) is 6.21. The Morgan fingerprint density at radius 1 is 1.00 bits per heavy atom. The summed E-state index contributed by atoms with van der Waals surface area (Å²) < 4.78 is 6.08. The Labute approximate surface area is 164 Å². The van der Waals surface area contributed by atoms with Crippen LogP contribution < -0.4 is 0 Å². The first-order valence-corrected chi connectivity index (χ1v) is 9.35. The van der Waals surface area contributed by atoms with Crippen LogP contribution in [0.2, 0.25) is 0 Å². The van der Waals surface area contributed by atoms with E-state index >= 15 is 0 Å². The number of aromatic amines is 1. The van der Waals surface area contributed by atoms with Crippen LogP contribution >= 0.6 is 15.9 Å². The third-order valence-electron chi connectivity index (χ3n) is 4.54. The number of furan rings is 1. The lowest BCUT2D eigenvalue weighted by Gasteiger charge is -2.34. The molecule has 0 radical (unpaired) electrons. The summed E-state index contributed by atoms with van der Waals surface area (Å²) in [6, 6.07) is 12.6. The van der Waals surface area contributed by atoms with E-state index in [9.17, 15) is 9.59 Å². The minimum atomic E-state index is -0.156. The van der Waals surface area contributed by atoms with Crippen LogP contribution in [-0.4, -0.2) is 58.0 Å². The van der Waals surface area contributed by atoms with Gasteiger partial charge in [0, 0.05) is 36.7 Å². The van der Waals surface area contributed by atoms with Crippen molar-refractivity contribution >= 4 is 27.7 Å². The lowest BCUT2D eigenvalue weighted by molar-refractivity contribution is 0.0532. The number of aromatic nitrogens is 2. The van der Waals surface area contributed by atoms with E-state index in [2.05, 4.69) is 26.1 Å². The number of rotatable bonds is 3. The summed E-state index contributed by atoms with van der Waals surface area (Å²) in [6.07, 6.45) is 1.57. The van der Waals surface area contributed by atoms with Gasteiger partial charge < -0.3 is 14.2 Å². The van der Waals surface area contributed by atoms with E-state index in [0.29, 0.717) is 48.9 Å². The molecule has 2 amide bonds. The molecule has 138 valence electrons. The fourth-order valence-corrected chi connectivity index (χ4v) is 3.52. The molecule has 0 atom stereocenters. The second-order valence-corrected chi connectivity index (χ2v) is 7.06. The van der Waals surface area contributed by atoms with Gasteiger partial charge in [0.05, 0.1) is 11.8 Å². The predicted molar refractivity (Wildman–Crippen MR) is 102 cm³/mol. The lowest BCUT2D eigenvalue weighted by Crippen LogP contribution is -2.50. The van der Waals surface area contributed by atoms with E-state index in [1.165, 1.54) is 0 Å². The molecular formula is C19H17BrN4O3. The molecule has 3 aromatic rings. The Kier molecular flexibility index (Phi) is 4.81. The maximum atomic E-state index is 12.7. The highest BCUT2D eigenvalue weighted by atomic mass is 79.9. The van der Waals surface area contributed by atoms with Crippen molar-refractivity contribution in [1.82, 2.24) is 20.0 Å². The van der Waals surface area contributed by atoms with Crippen molar-refractivity contribution in [1.29, 1.82) is 0 Å². The minimum absolute atomic E-state index is 0.0329. The molecule has 7 nitrogen and oxygen atoms in total. The summed E-state index contributed by atoms with van der Waals surface area (Å²) in [4.78, 5) is 28.8. The number of carbonyl (C=O) groups is 2. The topological polar surface area (TPSA) is 82.4 Å². The van der Waals surface area contributed by atoms with Crippen LogP contribution in [0.25, 0.3) is 11.5 Å². The second kappa shape index (κ2) is 7.40. The average molecular weight is 429 g/mol. The molecule has 0 aliphatic carbocycles. The summed E-state index contributed by atoms with van der Waals surface area (Å²) in [6.45, 7) is 1.92. The first kappa shape index (κ1) is 17.5. The number of nitrogens with one attached hydrogen (secondary N) is 1. The van der Waals surface area contributed by atoms with Crippen molar-refractivity contribution in [3.8, 4) is 11.5 Å². The number of H-pyrrole nitrogens is 1. The van der Waals surface area contributed by atoms with Crippen molar-refractivity contribution < 1.29 is 14.0 Å². The van der Waals surface area contributed by atoms with Crippen molar-refractivity contribution in [2.24, 2.45) is 0 Å². The van der Waals surface area contributed by atoms with Gasteiger partial charge in [-0.05, 0) is 40.2 Å². The van der Waals surface area contributed by atoms with E-state index < -0.39 is 0 Å². The standard InChI is InChI=1S/C19H17BrN4O3/c20-14-5-2-1-4-13(14)18(25)23-7-9-24(10-8-23)19(26)16-12-15(21-22-16)17-6-3-11-27-17/h1-6,11-12H,7-10H2,(H,21,22). The van der Waals surface area contributed by atoms with Gasteiger partial charge in [0.25, 0.3) is 11.8 Å². The fraction of sp³-hybridized carbons (Fsp3) is 0.211. The van der Waals surface area contributed by atoms with Gasteiger partial charge in [-0.15, -0.1) is 0 Å². The normalized spacial score (nSPS) is 14.4. The number of piperazine rings is 1. The quantitative estimate of drug-likeness (QED) is 0.694. The summed E-state index contributed by atoms with van der Waals surface area (Å²) in [7, 11) is 0.